The van der Waals surface area contributed by atoms with Gasteiger partial charge in [-0.3, -0.25) is 0 Å². The minimum atomic E-state index is -0.555. The summed E-state index contributed by atoms with van der Waals surface area (Å²) in [5, 5.41) is 12.0. The molecular weight excluding hydrogens is 334 g/mol. The van der Waals surface area contributed by atoms with Gasteiger partial charge < -0.3 is 15.2 Å². The van der Waals surface area contributed by atoms with Crippen LogP contribution < -0.4 is 5.32 Å². The number of halogens is 1. The number of amides is 1. The molecule has 0 bridgehead atoms. The van der Waals surface area contributed by atoms with Gasteiger partial charge in [-0.05, 0) is 23.3 Å². The Hall–Kier alpha value is -1.85. The average molecular weight is 350 g/mol. The highest BCUT2D eigenvalue weighted by molar-refractivity contribution is 9.10. The van der Waals surface area contributed by atoms with Gasteiger partial charge in [0.05, 0.1) is 12.6 Å². The molecule has 4 nitrogen and oxygen atoms in total. The van der Waals surface area contributed by atoms with Gasteiger partial charge in [-0.2, -0.15) is 0 Å². The summed E-state index contributed by atoms with van der Waals surface area (Å²) in [6, 6.07) is 16.3. The molecule has 0 saturated heterocycles. The van der Waals surface area contributed by atoms with Gasteiger partial charge in [0, 0.05) is 4.47 Å². The van der Waals surface area contributed by atoms with Crippen molar-refractivity contribution in [1.82, 2.24) is 5.32 Å². The van der Waals surface area contributed by atoms with E-state index in [0.29, 0.717) is 0 Å². The molecule has 5 heteroatoms. The van der Waals surface area contributed by atoms with E-state index in [4.69, 9.17) is 4.74 Å². The van der Waals surface area contributed by atoms with Crippen LogP contribution in [0.4, 0.5) is 4.79 Å². The molecule has 0 aliphatic carbocycles. The van der Waals surface area contributed by atoms with Gasteiger partial charge in [-0.25, -0.2) is 4.79 Å². The highest BCUT2D eigenvalue weighted by Gasteiger charge is 2.14. The van der Waals surface area contributed by atoms with E-state index in [1.165, 1.54) is 0 Å². The van der Waals surface area contributed by atoms with Crippen LogP contribution in [0.25, 0.3) is 0 Å². The number of carbonyl (C=O) groups is 1. The van der Waals surface area contributed by atoms with E-state index < -0.39 is 12.1 Å². The highest BCUT2D eigenvalue weighted by atomic mass is 79.9. The predicted molar refractivity (Wildman–Crippen MR) is 83.7 cm³/mol. The first-order valence-electron chi connectivity index (χ1n) is 6.52. The van der Waals surface area contributed by atoms with Gasteiger partial charge in [-0.15, -0.1) is 0 Å². The standard InChI is InChI=1S/C16H16BrNO3/c17-14-8-6-13(7-9-14)15(10-19)18-16(20)21-11-12-4-2-1-3-5-12/h1-9,15,19H,10-11H2,(H,18,20)/t15-/m0/s1. The summed E-state index contributed by atoms with van der Waals surface area (Å²) in [4.78, 5) is 11.8. The molecule has 110 valence electrons. The van der Waals surface area contributed by atoms with Crippen molar-refractivity contribution in [3.8, 4) is 0 Å². The summed E-state index contributed by atoms with van der Waals surface area (Å²) in [6.07, 6.45) is -0.555. The lowest BCUT2D eigenvalue weighted by Gasteiger charge is -2.16. The minimum Gasteiger partial charge on any atom is -0.445 e. The van der Waals surface area contributed by atoms with Crippen molar-refractivity contribution in [3.63, 3.8) is 0 Å². The molecule has 0 saturated carbocycles. The number of hydrogen-bond donors (Lipinski definition) is 2. The first-order valence-corrected chi connectivity index (χ1v) is 7.32. The van der Waals surface area contributed by atoms with Crippen molar-refractivity contribution in [3.05, 3.63) is 70.2 Å². The number of ether oxygens (including phenoxy) is 1. The Morgan fingerprint density at radius 1 is 1.14 bits per heavy atom. The fraction of sp³-hybridized carbons (Fsp3) is 0.188. The number of alkyl carbamates (subject to hydrolysis) is 1. The molecule has 2 aromatic rings. The molecule has 0 fully saturated rings. The highest BCUT2D eigenvalue weighted by Crippen LogP contribution is 2.16. The smallest absolute Gasteiger partial charge is 0.408 e. The summed E-state index contributed by atoms with van der Waals surface area (Å²) in [6.45, 7) is 0.00717. The molecule has 1 atom stereocenters. The molecule has 0 heterocycles. The van der Waals surface area contributed by atoms with Gasteiger partial charge in [0.1, 0.15) is 6.61 Å². The maximum atomic E-state index is 11.8. The van der Waals surface area contributed by atoms with Crippen molar-refractivity contribution in [2.45, 2.75) is 12.6 Å². The van der Waals surface area contributed by atoms with E-state index in [1.54, 1.807) is 0 Å². The second-order valence-corrected chi connectivity index (χ2v) is 5.41. The molecule has 0 aliphatic heterocycles. The molecule has 0 aromatic heterocycles. The summed E-state index contributed by atoms with van der Waals surface area (Å²) in [5.41, 5.74) is 1.73. The Labute approximate surface area is 131 Å². The zero-order valence-corrected chi connectivity index (χ0v) is 12.9. The fourth-order valence-corrected chi connectivity index (χ4v) is 2.10. The van der Waals surface area contributed by atoms with Crippen molar-refractivity contribution < 1.29 is 14.6 Å². The molecule has 2 aromatic carbocycles. The predicted octanol–water partition coefficient (Wildman–Crippen LogP) is 3.41. The van der Waals surface area contributed by atoms with Gasteiger partial charge >= 0.3 is 6.09 Å². The van der Waals surface area contributed by atoms with Crippen molar-refractivity contribution >= 4 is 22.0 Å². The van der Waals surface area contributed by atoms with Gasteiger partial charge in [0.15, 0.2) is 0 Å². The van der Waals surface area contributed by atoms with Crippen molar-refractivity contribution in [2.75, 3.05) is 6.61 Å². The molecule has 0 unspecified atom stereocenters. The molecule has 0 spiro atoms. The molecule has 2 rings (SSSR count). The third-order valence-electron chi connectivity index (χ3n) is 2.96. The van der Waals surface area contributed by atoms with Crippen molar-refractivity contribution in [1.29, 1.82) is 0 Å². The Kier molecular flexibility index (Phi) is 5.78. The van der Waals surface area contributed by atoms with Crippen LogP contribution in [0.15, 0.2) is 59.1 Å². The van der Waals surface area contributed by atoms with E-state index in [0.717, 1.165) is 15.6 Å². The lowest BCUT2D eigenvalue weighted by atomic mass is 10.1. The second-order valence-electron chi connectivity index (χ2n) is 4.49. The zero-order valence-electron chi connectivity index (χ0n) is 11.3. The first-order chi connectivity index (χ1) is 10.2. The molecule has 0 radical (unpaired) electrons. The third kappa shape index (κ3) is 4.88. The summed E-state index contributed by atoms with van der Waals surface area (Å²) < 4.78 is 6.07. The van der Waals surface area contributed by atoms with Crippen LogP contribution in [0.1, 0.15) is 17.2 Å². The van der Waals surface area contributed by atoms with E-state index in [1.807, 2.05) is 54.6 Å². The van der Waals surface area contributed by atoms with Gasteiger partial charge in [0.2, 0.25) is 0 Å². The normalized spacial score (nSPS) is 11.7. The molecule has 2 N–H and O–H groups in total. The third-order valence-corrected chi connectivity index (χ3v) is 3.49. The van der Waals surface area contributed by atoms with Gasteiger partial charge in [0.25, 0.3) is 0 Å². The number of benzene rings is 2. The van der Waals surface area contributed by atoms with Gasteiger partial charge in [-0.1, -0.05) is 58.4 Å². The minimum absolute atomic E-state index is 0.192. The number of rotatable bonds is 5. The number of hydrogen-bond acceptors (Lipinski definition) is 3. The zero-order chi connectivity index (χ0) is 15.1. The van der Waals surface area contributed by atoms with Crippen LogP contribution in [0.3, 0.4) is 0 Å². The maximum Gasteiger partial charge on any atom is 0.408 e. The quantitative estimate of drug-likeness (QED) is 0.869. The van der Waals surface area contributed by atoms with Crippen LogP contribution in [0.5, 0.6) is 0 Å². The topological polar surface area (TPSA) is 58.6 Å². The Balaban J connectivity index is 1.89. The Bertz CT molecular complexity index is 572. The van der Waals surface area contributed by atoms with Crippen LogP contribution in [-0.2, 0) is 11.3 Å². The number of aliphatic hydroxyl groups excluding tert-OH is 1. The Morgan fingerprint density at radius 2 is 1.81 bits per heavy atom. The summed E-state index contributed by atoms with van der Waals surface area (Å²) in [7, 11) is 0. The van der Waals surface area contributed by atoms with Crippen molar-refractivity contribution in [2.24, 2.45) is 0 Å². The van der Waals surface area contributed by atoms with Crippen LogP contribution in [0.2, 0.25) is 0 Å². The van der Waals surface area contributed by atoms with Crippen LogP contribution >= 0.6 is 15.9 Å². The number of nitrogens with one attached hydrogen (secondary N) is 1. The van der Waals surface area contributed by atoms with E-state index in [-0.39, 0.29) is 13.2 Å². The molecule has 0 aliphatic rings. The Morgan fingerprint density at radius 3 is 2.43 bits per heavy atom. The molecular formula is C16H16BrNO3. The largest absolute Gasteiger partial charge is 0.445 e. The second kappa shape index (κ2) is 7.81. The molecule has 21 heavy (non-hydrogen) atoms. The molecule has 1 amide bonds. The number of aliphatic hydroxyl groups is 1. The fourth-order valence-electron chi connectivity index (χ4n) is 1.84. The maximum absolute atomic E-state index is 11.8. The van der Waals surface area contributed by atoms with E-state index in [2.05, 4.69) is 21.2 Å². The summed E-state index contributed by atoms with van der Waals surface area (Å²) in [5.74, 6) is 0. The average Bonchev–Trinajstić information content (AvgIpc) is 2.52. The monoisotopic (exact) mass is 349 g/mol. The lowest BCUT2D eigenvalue weighted by Crippen LogP contribution is -2.31. The van der Waals surface area contributed by atoms with E-state index in [9.17, 15) is 9.90 Å². The SMILES string of the molecule is O=C(N[C@@H](CO)c1ccc(Br)cc1)OCc1ccccc1. The van der Waals surface area contributed by atoms with E-state index >= 15 is 0 Å². The lowest BCUT2D eigenvalue weighted by molar-refractivity contribution is 0.129. The number of carbonyl (C=O) groups excluding carboxylic acids is 1. The summed E-state index contributed by atoms with van der Waals surface area (Å²) >= 11 is 3.34. The first kappa shape index (κ1) is 15.5. The van der Waals surface area contributed by atoms with Crippen LogP contribution in [-0.4, -0.2) is 17.8 Å². The van der Waals surface area contributed by atoms with Crippen LogP contribution in [0, 0.1) is 0 Å².